The summed E-state index contributed by atoms with van der Waals surface area (Å²) in [5, 5.41) is 3.28. The van der Waals surface area contributed by atoms with Gasteiger partial charge in [-0.25, -0.2) is 9.97 Å². The Morgan fingerprint density at radius 3 is 2.67 bits per heavy atom. The lowest BCUT2D eigenvalue weighted by Gasteiger charge is -2.38. The van der Waals surface area contributed by atoms with E-state index in [1.54, 1.807) is 0 Å². The molecule has 0 amide bonds. The van der Waals surface area contributed by atoms with Crippen molar-refractivity contribution >= 4 is 5.95 Å². The fraction of sp³-hybridized carbons (Fsp3) is 0.714. The lowest BCUT2D eigenvalue weighted by Crippen LogP contribution is -2.41. The lowest BCUT2D eigenvalue weighted by atomic mass is 9.84. The van der Waals surface area contributed by atoms with Crippen molar-refractivity contribution in [2.24, 2.45) is 5.41 Å². The molecule has 0 atom stereocenters. The normalized spacial score (nSPS) is 18.9. The van der Waals surface area contributed by atoms with Gasteiger partial charge in [-0.3, -0.25) is 0 Å². The summed E-state index contributed by atoms with van der Waals surface area (Å²) in [4.78, 5) is 11.3. The molecule has 1 saturated heterocycles. The monoisotopic (exact) mass is 248 g/mol. The van der Waals surface area contributed by atoms with Gasteiger partial charge in [0.25, 0.3) is 0 Å². The van der Waals surface area contributed by atoms with Crippen LogP contribution in [0.25, 0.3) is 0 Å². The third kappa shape index (κ3) is 3.42. The van der Waals surface area contributed by atoms with Crippen LogP contribution in [0.2, 0.25) is 0 Å². The van der Waals surface area contributed by atoms with Crippen LogP contribution in [0.5, 0.6) is 0 Å². The van der Waals surface area contributed by atoms with E-state index in [0.717, 1.165) is 37.7 Å². The first-order valence-corrected chi connectivity index (χ1v) is 6.87. The topological polar surface area (TPSA) is 41.1 Å². The van der Waals surface area contributed by atoms with Gasteiger partial charge in [0, 0.05) is 37.6 Å². The molecule has 18 heavy (non-hydrogen) atoms. The summed E-state index contributed by atoms with van der Waals surface area (Å²) in [5.74, 6) is 0.878. The molecule has 1 aliphatic rings. The Bertz CT molecular complexity index is 372. The predicted molar refractivity (Wildman–Crippen MR) is 74.6 cm³/mol. The van der Waals surface area contributed by atoms with Gasteiger partial charge in [-0.15, -0.1) is 0 Å². The minimum absolute atomic E-state index is 0.379. The summed E-state index contributed by atoms with van der Waals surface area (Å²) in [6.45, 7) is 10.7. The highest BCUT2D eigenvalue weighted by atomic mass is 15.3. The van der Waals surface area contributed by atoms with E-state index in [-0.39, 0.29) is 0 Å². The van der Waals surface area contributed by atoms with Gasteiger partial charge in [0.05, 0.1) is 0 Å². The van der Waals surface area contributed by atoms with Crippen molar-refractivity contribution in [1.82, 2.24) is 15.3 Å². The van der Waals surface area contributed by atoms with Gasteiger partial charge in [-0.2, -0.15) is 0 Å². The Labute approximate surface area is 110 Å². The first kappa shape index (κ1) is 13.3. The molecule has 0 unspecified atom stereocenters. The summed E-state index contributed by atoms with van der Waals surface area (Å²) in [6, 6.07) is 0. The summed E-state index contributed by atoms with van der Waals surface area (Å²) in [6.07, 6.45) is 6.40. The Kier molecular flexibility index (Phi) is 4.17. The molecule has 1 N–H and O–H groups in total. The van der Waals surface area contributed by atoms with E-state index in [1.807, 2.05) is 12.4 Å². The zero-order chi connectivity index (χ0) is 13.0. The molecule has 0 saturated carbocycles. The molecule has 2 rings (SSSR count). The van der Waals surface area contributed by atoms with Crippen LogP contribution in [0.15, 0.2) is 12.4 Å². The van der Waals surface area contributed by atoms with Crippen LogP contribution >= 0.6 is 0 Å². The number of nitrogens with zero attached hydrogens (tertiary/aromatic N) is 3. The maximum Gasteiger partial charge on any atom is 0.225 e. The van der Waals surface area contributed by atoms with Gasteiger partial charge >= 0.3 is 0 Å². The molecule has 4 nitrogen and oxygen atoms in total. The second kappa shape index (κ2) is 5.65. The van der Waals surface area contributed by atoms with Crippen molar-refractivity contribution in [3.05, 3.63) is 18.0 Å². The number of rotatable bonds is 4. The Hall–Kier alpha value is -1.16. The molecule has 0 radical (unpaired) electrons. The van der Waals surface area contributed by atoms with Crippen molar-refractivity contribution in [2.45, 2.75) is 40.2 Å². The van der Waals surface area contributed by atoms with Gasteiger partial charge in [-0.1, -0.05) is 20.8 Å². The minimum Gasteiger partial charge on any atom is -0.340 e. The van der Waals surface area contributed by atoms with Gasteiger partial charge < -0.3 is 10.2 Å². The van der Waals surface area contributed by atoms with Gasteiger partial charge in [0.1, 0.15) is 0 Å². The first-order valence-electron chi connectivity index (χ1n) is 6.87. The largest absolute Gasteiger partial charge is 0.340 e. The van der Waals surface area contributed by atoms with Gasteiger partial charge in [-0.05, 0) is 24.8 Å². The van der Waals surface area contributed by atoms with Gasteiger partial charge in [0.2, 0.25) is 5.95 Å². The van der Waals surface area contributed by atoms with E-state index < -0.39 is 0 Å². The molecule has 1 aliphatic heterocycles. The van der Waals surface area contributed by atoms with E-state index in [1.165, 1.54) is 12.8 Å². The molecule has 2 heterocycles. The summed E-state index contributed by atoms with van der Waals surface area (Å²) < 4.78 is 0. The Morgan fingerprint density at radius 2 is 2.06 bits per heavy atom. The van der Waals surface area contributed by atoms with Crippen LogP contribution in [0.4, 0.5) is 5.95 Å². The van der Waals surface area contributed by atoms with Crippen LogP contribution < -0.4 is 10.2 Å². The van der Waals surface area contributed by atoms with Gasteiger partial charge in [0.15, 0.2) is 0 Å². The van der Waals surface area contributed by atoms with Crippen LogP contribution in [-0.4, -0.2) is 29.6 Å². The fourth-order valence-electron chi connectivity index (χ4n) is 2.47. The molecule has 0 spiro atoms. The molecule has 100 valence electrons. The van der Waals surface area contributed by atoms with Crippen LogP contribution in [0.3, 0.4) is 0 Å². The Balaban J connectivity index is 2.00. The van der Waals surface area contributed by atoms with Crippen LogP contribution in [-0.2, 0) is 6.54 Å². The molecule has 1 aromatic rings. The Morgan fingerprint density at radius 1 is 1.33 bits per heavy atom. The zero-order valence-corrected chi connectivity index (χ0v) is 11.7. The molecule has 1 aromatic heterocycles. The predicted octanol–water partition coefficient (Wildman–Crippen LogP) is 2.21. The number of hydrogen-bond donors (Lipinski definition) is 1. The average Bonchev–Trinajstić information content (AvgIpc) is 2.36. The maximum atomic E-state index is 4.50. The number of aromatic nitrogens is 2. The molecule has 0 aliphatic carbocycles. The number of hydrogen-bond acceptors (Lipinski definition) is 4. The third-order valence-electron chi connectivity index (χ3n) is 3.45. The van der Waals surface area contributed by atoms with Crippen molar-refractivity contribution in [3.63, 3.8) is 0 Å². The summed E-state index contributed by atoms with van der Waals surface area (Å²) in [5.41, 5.74) is 1.53. The third-order valence-corrected chi connectivity index (χ3v) is 3.45. The van der Waals surface area contributed by atoms with E-state index in [2.05, 4.69) is 41.0 Å². The van der Waals surface area contributed by atoms with Crippen molar-refractivity contribution in [2.75, 3.05) is 24.5 Å². The smallest absolute Gasteiger partial charge is 0.225 e. The number of piperidine rings is 1. The van der Waals surface area contributed by atoms with E-state index >= 15 is 0 Å². The number of nitrogens with one attached hydrogen (secondary N) is 1. The molecular formula is C14H24N4. The molecular weight excluding hydrogens is 224 g/mol. The van der Waals surface area contributed by atoms with E-state index in [9.17, 15) is 0 Å². The second-order valence-corrected chi connectivity index (χ2v) is 5.86. The van der Waals surface area contributed by atoms with Crippen molar-refractivity contribution in [1.29, 1.82) is 0 Å². The standard InChI is InChI=1S/C14H24N4/c1-4-15-8-12-9-16-13(17-10-12)18-7-5-6-14(2,3)11-18/h9-10,15H,4-8,11H2,1-3H3. The van der Waals surface area contributed by atoms with E-state index in [0.29, 0.717) is 5.41 Å². The molecule has 4 heteroatoms. The second-order valence-electron chi connectivity index (χ2n) is 5.86. The number of anilines is 1. The fourth-order valence-corrected chi connectivity index (χ4v) is 2.47. The van der Waals surface area contributed by atoms with E-state index in [4.69, 9.17) is 0 Å². The zero-order valence-electron chi connectivity index (χ0n) is 11.7. The molecule has 1 fully saturated rings. The van der Waals surface area contributed by atoms with Crippen molar-refractivity contribution in [3.8, 4) is 0 Å². The highest BCUT2D eigenvalue weighted by molar-refractivity contribution is 5.31. The molecule has 0 bridgehead atoms. The first-order chi connectivity index (χ1) is 8.61. The average molecular weight is 248 g/mol. The van der Waals surface area contributed by atoms with Crippen molar-refractivity contribution < 1.29 is 0 Å². The molecule has 0 aromatic carbocycles. The lowest BCUT2D eigenvalue weighted by molar-refractivity contribution is 0.291. The summed E-state index contributed by atoms with van der Waals surface area (Å²) in [7, 11) is 0. The quantitative estimate of drug-likeness (QED) is 0.887. The SMILES string of the molecule is CCNCc1cnc(N2CCCC(C)(C)C2)nc1. The highest BCUT2D eigenvalue weighted by Gasteiger charge is 2.27. The highest BCUT2D eigenvalue weighted by Crippen LogP contribution is 2.29. The maximum absolute atomic E-state index is 4.50. The minimum atomic E-state index is 0.379. The van der Waals surface area contributed by atoms with Crippen LogP contribution in [0.1, 0.15) is 39.2 Å². The summed E-state index contributed by atoms with van der Waals surface area (Å²) >= 11 is 0. The van der Waals surface area contributed by atoms with Crippen LogP contribution in [0, 0.1) is 5.41 Å².